The molecule has 0 spiro atoms. The first kappa shape index (κ1) is 14.5. The average Bonchev–Trinajstić information content (AvgIpc) is 3.16. The van der Waals surface area contributed by atoms with Crippen molar-refractivity contribution in [3.63, 3.8) is 0 Å². The molecule has 3 atom stereocenters. The molecule has 0 N–H and O–H groups in total. The molecule has 2 saturated heterocycles. The molecule has 2 aliphatic rings. The Labute approximate surface area is 136 Å². The third-order valence-electron chi connectivity index (χ3n) is 4.04. The van der Waals surface area contributed by atoms with Crippen LogP contribution in [-0.4, -0.2) is 51.7 Å². The zero-order valence-corrected chi connectivity index (χ0v) is 13.1. The number of Topliss-reactive ketones (excluding diaryl/α,β-unsaturated/α-hetero) is 1. The standard InChI is InChI=1S/C14H14N4O4S/c1-20-11-5-3-2-4-8(11)17-14(23)18(16-15-17)9-6-10(19)13-21-7-12(9)22-13/h2-5,9,12-13H,6-7H2,1H3/t9-,12+,13-/m0/s1. The van der Waals surface area contributed by atoms with Crippen molar-refractivity contribution < 1.29 is 19.0 Å². The summed E-state index contributed by atoms with van der Waals surface area (Å²) in [4.78, 5) is 12.0. The first-order chi connectivity index (χ1) is 11.2. The van der Waals surface area contributed by atoms with E-state index >= 15 is 0 Å². The number of carbonyl (C=O) groups is 1. The van der Waals surface area contributed by atoms with Gasteiger partial charge in [0.05, 0.1) is 19.8 Å². The van der Waals surface area contributed by atoms with E-state index in [0.29, 0.717) is 22.8 Å². The molecule has 120 valence electrons. The van der Waals surface area contributed by atoms with Gasteiger partial charge in [-0.05, 0) is 34.8 Å². The van der Waals surface area contributed by atoms with Crippen molar-refractivity contribution in [3.05, 3.63) is 29.0 Å². The van der Waals surface area contributed by atoms with Crippen molar-refractivity contribution >= 4 is 18.0 Å². The van der Waals surface area contributed by atoms with Crippen LogP contribution in [-0.2, 0) is 14.3 Å². The van der Waals surface area contributed by atoms with E-state index in [4.69, 9.17) is 26.4 Å². The summed E-state index contributed by atoms with van der Waals surface area (Å²) in [6, 6.07) is 7.07. The summed E-state index contributed by atoms with van der Waals surface area (Å²) < 4.78 is 19.6. The van der Waals surface area contributed by atoms with Gasteiger partial charge in [0, 0.05) is 6.42 Å². The topological polar surface area (TPSA) is 80.4 Å². The van der Waals surface area contributed by atoms with E-state index in [1.807, 2.05) is 24.3 Å². The molecule has 1 aromatic heterocycles. The fourth-order valence-electron chi connectivity index (χ4n) is 2.89. The predicted molar refractivity (Wildman–Crippen MR) is 80.0 cm³/mol. The number of rotatable bonds is 3. The van der Waals surface area contributed by atoms with Crippen molar-refractivity contribution in [1.29, 1.82) is 0 Å². The van der Waals surface area contributed by atoms with E-state index < -0.39 is 6.29 Å². The molecule has 8 nitrogen and oxygen atoms in total. The van der Waals surface area contributed by atoms with Crippen molar-refractivity contribution in [2.24, 2.45) is 0 Å². The van der Waals surface area contributed by atoms with Crippen LogP contribution in [0.15, 0.2) is 24.3 Å². The SMILES string of the molecule is COc1ccccc1-n1nnn([C@H]2CC(=O)[C@H]3OC[C@H]2O3)c1=S. The molecule has 1 aromatic carbocycles. The van der Waals surface area contributed by atoms with Gasteiger partial charge in [-0.2, -0.15) is 4.68 Å². The van der Waals surface area contributed by atoms with Crippen LogP contribution in [0.25, 0.3) is 5.69 Å². The highest BCUT2D eigenvalue weighted by Crippen LogP contribution is 2.33. The minimum absolute atomic E-state index is 0.0995. The normalized spacial score (nSPS) is 26.5. The Morgan fingerprint density at radius 1 is 1.35 bits per heavy atom. The van der Waals surface area contributed by atoms with Crippen molar-refractivity contribution in [3.8, 4) is 11.4 Å². The number of methoxy groups -OCH3 is 1. The number of tetrazole rings is 1. The zero-order valence-electron chi connectivity index (χ0n) is 12.3. The third kappa shape index (κ3) is 2.28. The second-order valence-corrected chi connectivity index (χ2v) is 5.73. The Morgan fingerprint density at radius 3 is 3.00 bits per heavy atom. The summed E-state index contributed by atoms with van der Waals surface area (Å²) >= 11 is 5.49. The number of para-hydroxylation sites is 2. The van der Waals surface area contributed by atoms with Gasteiger partial charge in [-0.1, -0.05) is 12.1 Å². The predicted octanol–water partition coefficient (Wildman–Crippen LogP) is 1.06. The Hall–Kier alpha value is -2.10. The molecule has 0 saturated carbocycles. The Morgan fingerprint density at radius 2 is 2.17 bits per heavy atom. The minimum Gasteiger partial charge on any atom is -0.494 e. The molecule has 0 aliphatic carbocycles. The second kappa shape index (κ2) is 5.52. The Bertz CT molecular complexity index is 817. The van der Waals surface area contributed by atoms with Crippen molar-refractivity contribution in [1.82, 2.24) is 19.8 Å². The number of hydrogen-bond donors (Lipinski definition) is 0. The summed E-state index contributed by atoms with van der Waals surface area (Å²) in [5.41, 5.74) is 0.690. The van der Waals surface area contributed by atoms with Gasteiger partial charge < -0.3 is 14.2 Å². The number of ketones is 1. The zero-order chi connectivity index (χ0) is 16.0. The molecular weight excluding hydrogens is 320 g/mol. The molecule has 3 heterocycles. The Kier molecular flexibility index (Phi) is 3.47. The van der Waals surface area contributed by atoms with Gasteiger partial charge in [0.1, 0.15) is 17.5 Å². The summed E-state index contributed by atoms with van der Waals surface area (Å²) in [5, 5.41) is 8.24. The van der Waals surface area contributed by atoms with Gasteiger partial charge in [-0.3, -0.25) is 4.79 Å². The molecule has 9 heteroatoms. The van der Waals surface area contributed by atoms with E-state index in [9.17, 15) is 4.79 Å². The van der Waals surface area contributed by atoms with Crippen molar-refractivity contribution in [2.75, 3.05) is 13.7 Å². The van der Waals surface area contributed by atoms with Gasteiger partial charge in [0.2, 0.25) is 11.1 Å². The molecule has 2 bridgehead atoms. The van der Waals surface area contributed by atoms with Gasteiger partial charge in [0.25, 0.3) is 0 Å². The minimum atomic E-state index is -0.741. The van der Waals surface area contributed by atoms with E-state index in [1.54, 1.807) is 11.8 Å². The number of aromatic nitrogens is 4. The summed E-state index contributed by atoms with van der Waals surface area (Å²) in [7, 11) is 1.58. The average molecular weight is 334 g/mol. The molecule has 2 fully saturated rings. The van der Waals surface area contributed by atoms with E-state index in [-0.39, 0.29) is 24.3 Å². The number of benzene rings is 1. The lowest BCUT2D eigenvalue weighted by molar-refractivity contribution is -0.156. The maximum absolute atomic E-state index is 12.0. The highest BCUT2D eigenvalue weighted by Gasteiger charge is 2.45. The summed E-state index contributed by atoms with van der Waals surface area (Å²) in [6.45, 7) is 0.352. The smallest absolute Gasteiger partial charge is 0.221 e. The lowest BCUT2D eigenvalue weighted by Crippen LogP contribution is -2.37. The molecule has 0 radical (unpaired) electrons. The first-order valence-electron chi connectivity index (χ1n) is 7.16. The van der Waals surface area contributed by atoms with Crippen LogP contribution in [0.5, 0.6) is 5.75 Å². The van der Waals surface area contributed by atoms with Gasteiger partial charge >= 0.3 is 0 Å². The number of nitrogens with zero attached hydrogens (tertiary/aromatic N) is 4. The Balaban J connectivity index is 1.74. The molecule has 0 amide bonds. The van der Waals surface area contributed by atoms with Crippen LogP contribution >= 0.6 is 12.2 Å². The number of ether oxygens (including phenoxy) is 3. The van der Waals surface area contributed by atoms with Crippen LogP contribution in [0.2, 0.25) is 0 Å². The second-order valence-electron chi connectivity index (χ2n) is 5.37. The van der Waals surface area contributed by atoms with E-state index in [2.05, 4.69) is 10.4 Å². The molecule has 2 aromatic rings. The van der Waals surface area contributed by atoms with E-state index in [1.165, 1.54) is 4.68 Å². The molecular formula is C14H14N4O4S. The molecule has 4 rings (SSSR count). The fourth-order valence-corrected chi connectivity index (χ4v) is 3.20. The number of fused-ring (bicyclic) bond motifs is 2. The molecule has 2 aliphatic heterocycles. The highest BCUT2D eigenvalue weighted by atomic mass is 32.1. The van der Waals surface area contributed by atoms with Gasteiger partial charge in [0.15, 0.2) is 5.78 Å². The van der Waals surface area contributed by atoms with Crippen molar-refractivity contribution in [2.45, 2.75) is 24.9 Å². The summed E-state index contributed by atoms with van der Waals surface area (Å²) in [5.74, 6) is 0.536. The van der Waals surface area contributed by atoms with Crippen LogP contribution in [0.1, 0.15) is 12.5 Å². The maximum atomic E-state index is 12.0. The van der Waals surface area contributed by atoms with Gasteiger partial charge in [-0.15, -0.1) is 0 Å². The largest absolute Gasteiger partial charge is 0.494 e. The van der Waals surface area contributed by atoms with Crippen LogP contribution in [0, 0.1) is 4.77 Å². The fraction of sp³-hybridized carbons (Fsp3) is 0.429. The van der Waals surface area contributed by atoms with Gasteiger partial charge in [-0.25, -0.2) is 4.68 Å². The first-order valence-corrected chi connectivity index (χ1v) is 7.57. The number of carbonyl (C=O) groups excluding carboxylic acids is 1. The third-order valence-corrected chi connectivity index (χ3v) is 4.40. The van der Waals surface area contributed by atoms with E-state index in [0.717, 1.165) is 0 Å². The lowest BCUT2D eigenvalue weighted by atomic mass is 10.0. The quantitative estimate of drug-likeness (QED) is 0.777. The van der Waals surface area contributed by atoms with Crippen LogP contribution < -0.4 is 4.74 Å². The monoisotopic (exact) mass is 334 g/mol. The number of hydrogen-bond acceptors (Lipinski definition) is 7. The van der Waals surface area contributed by atoms with Crippen LogP contribution in [0.4, 0.5) is 0 Å². The molecule has 0 unspecified atom stereocenters. The highest BCUT2D eigenvalue weighted by molar-refractivity contribution is 7.71. The molecule has 23 heavy (non-hydrogen) atoms. The summed E-state index contributed by atoms with van der Waals surface area (Å²) in [6.07, 6.45) is -0.712. The van der Waals surface area contributed by atoms with Crippen LogP contribution in [0.3, 0.4) is 0 Å². The lowest BCUT2D eigenvalue weighted by Gasteiger charge is -2.25. The maximum Gasteiger partial charge on any atom is 0.221 e.